The summed E-state index contributed by atoms with van der Waals surface area (Å²) in [6.07, 6.45) is 6.18. The lowest BCUT2D eigenvalue weighted by atomic mass is 9.98. The largest absolute Gasteiger partial charge is 0.462 e. The second-order valence-corrected chi connectivity index (χ2v) is 6.65. The van der Waals surface area contributed by atoms with Crippen LogP contribution in [0, 0.1) is 19.8 Å². The van der Waals surface area contributed by atoms with Crippen LogP contribution in [0.5, 0.6) is 0 Å². The van der Waals surface area contributed by atoms with E-state index in [2.05, 4.69) is 18.9 Å². The van der Waals surface area contributed by atoms with Gasteiger partial charge in [-0.05, 0) is 45.4 Å². The van der Waals surface area contributed by atoms with E-state index in [4.69, 9.17) is 4.74 Å². The van der Waals surface area contributed by atoms with Crippen molar-refractivity contribution in [1.29, 1.82) is 0 Å². The number of carbonyl (C=O) groups is 1. The Morgan fingerprint density at radius 2 is 1.95 bits per heavy atom. The molecule has 1 saturated carbocycles. The van der Waals surface area contributed by atoms with Gasteiger partial charge >= 0.3 is 5.97 Å². The lowest BCUT2D eigenvalue weighted by Crippen LogP contribution is -2.22. The zero-order valence-electron chi connectivity index (χ0n) is 13.8. The van der Waals surface area contributed by atoms with E-state index in [-0.39, 0.29) is 12.1 Å². The summed E-state index contributed by atoms with van der Waals surface area (Å²) >= 11 is 0. The van der Waals surface area contributed by atoms with E-state index in [0.29, 0.717) is 12.3 Å². The van der Waals surface area contributed by atoms with E-state index >= 15 is 0 Å². The van der Waals surface area contributed by atoms with Gasteiger partial charge in [-0.25, -0.2) is 0 Å². The molecule has 0 saturated heterocycles. The molecule has 0 radical (unpaired) electrons. The lowest BCUT2D eigenvalue weighted by Gasteiger charge is -2.21. The van der Waals surface area contributed by atoms with Crippen molar-refractivity contribution in [3.63, 3.8) is 0 Å². The molecule has 0 aromatic carbocycles. The van der Waals surface area contributed by atoms with Crippen LogP contribution in [0.2, 0.25) is 0 Å². The van der Waals surface area contributed by atoms with Crippen LogP contribution < -0.4 is 0 Å². The maximum absolute atomic E-state index is 12.2. The fraction of sp³-hybridized carbons (Fsp3) is 0.765. The molecule has 1 aliphatic carbocycles. The second-order valence-electron chi connectivity index (χ2n) is 6.65. The van der Waals surface area contributed by atoms with Gasteiger partial charge in [0.25, 0.3) is 0 Å². The molecule has 0 unspecified atom stereocenters. The van der Waals surface area contributed by atoms with Crippen molar-refractivity contribution in [1.82, 2.24) is 9.78 Å². The normalized spacial score (nSPS) is 16.4. The Bertz CT molecular complexity index is 485. The average molecular weight is 292 g/mol. The third-order valence-corrected chi connectivity index (χ3v) is 4.24. The highest BCUT2D eigenvalue weighted by Crippen LogP contribution is 2.22. The molecule has 2 rings (SSSR count). The first-order valence-corrected chi connectivity index (χ1v) is 8.19. The summed E-state index contributed by atoms with van der Waals surface area (Å²) < 4.78 is 7.64. The van der Waals surface area contributed by atoms with Gasteiger partial charge in [-0.2, -0.15) is 5.10 Å². The van der Waals surface area contributed by atoms with Crippen LogP contribution in [0.25, 0.3) is 0 Å². The smallest absolute Gasteiger partial charge is 0.310 e. The summed E-state index contributed by atoms with van der Waals surface area (Å²) in [6, 6.07) is 0. The zero-order valence-corrected chi connectivity index (χ0v) is 13.8. The standard InChI is InChI=1S/C17H28N2O2/c1-12(2)11-19-14(4)16(13(3)18-19)10-17(20)21-15-8-6-5-7-9-15/h12,15H,5-11H2,1-4H3. The molecule has 1 aromatic heterocycles. The van der Waals surface area contributed by atoms with Crippen molar-refractivity contribution >= 4 is 5.97 Å². The Hall–Kier alpha value is -1.32. The molecule has 1 aromatic rings. The number of hydrogen-bond donors (Lipinski definition) is 0. The van der Waals surface area contributed by atoms with Crippen LogP contribution in [-0.2, 0) is 22.5 Å². The molecule has 4 heteroatoms. The van der Waals surface area contributed by atoms with E-state index in [1.54, 1.807) is 0 Å². The monoisotopic (exact) mass is 292 g/mol. The third kappa shape index (κ3) is 4.32. The van der Waals surface area contributed by atoms with Crippen molar-refractivity contribution in [2.24, 2.45) is 5.92 Å². The molecular formula is C17H28N2O2. The van der Waals surface area contributed by atoms with Gasteiger partial charge in [0.15, 0.2) is 0 Å². The number of carbonyl (C=O) groups excluding carboxylic acids is 1. The van der Waals surface area contributed by atoms with Crippen LogP contribution in [0.3, 0.4) is 0 Å². The van der Waals surface area contributed by atoms with Gasteiger partial charge in [-0.3, -0.25) is 9.48 Å². The molecule has 1 heterocycles. The Balaban J connectivity index is 1.98. The minimum atomic E-state index is -0.0998. The summed E-state index contributed by atoms with van der Waals surface area (Å²) in [6.45, 7) is 9.27. The van der Waals surface area contributed by atoms with E-state index in [1.807, 2.05) is 18.5 Å². The molecule has 0 spiro atoms. The zero-order chi connectivity index (χ0) is 15.4. The first kappa shape index (κ1) is 16.1. The third-order valence-electron chi connectivity index (χ3n) is 4.24. The number of esters is 1. The van der Waals surface area contributed by atoms with Crippen molar-refractivity contribution in [2.45, 2.75) is 78.9 Å². The number of aryl methyl sites for hydroxylation is 1. The first-order valence-electron chi connectivity index (χ1n) is 8.19. The summed E-state index contributed by atoms with van der Waals surface area (Å²) in [4.78, 5) is 12.2. The predicted octanol–water partition coefficient (Wildman–Crippen LogP) is 3.57. The molecule has 4 nitrogen and oxygen atoms in total. The Kier molecular flexibility index (Phi) is 5.43. The van der Waals surface area contributed by atoms with Gasteiger partial charge in [0.2, 0.25) is 0 Å². The van der Waals surface area contributed by atoms with Crippen LogP contribution in [-0.4, -0.2) is 21.9 Å². The van der Waals surface area contributed by atoms with Crippen molar-refractivity contribution in [3.8, 4) is 0 Å². The molecule has 0 bridgehead atoms. The maximum atomic E-state index is 12.2. The minimum absolute atomic E-state index is 0.0998. The molecule has 1 fully saturated rings. The van der Waals surface area contributed by atoms with Crippen LogP contribution >= 0.6 is 0 Å². The quantitative estimate of drug-likeness (QED) is 0.779. The molecule has 118 valence electrons. The molecule has 1 aliphatic rings. The number of nitrogens with zero attached hydrogens (tertiary/aromatic N) is 2. The highest BCUT2D eigenvalue weighted by molar-refractivity contribution is 5.73. The highest BCUT2D eigenvalue weighted by atomic mass is 16.5. The number of ether oxygens (including phenoxy) is 1. The lowest BCUT2D eigenvalue weighted by molar-refractivity contribution is -0.149. The van der Waals surface area contributed by atoms with Gasteiger partial charge in [-0.15, -0.1) is 0 Å². The van der Waals surface area contributed by atoms with E-state index in [9.17, 15) is 4.79 Å². The molecule has 21 heavy (non-hydrogen) atoms. The van der Waals surface area contributed by atoms with Gasteiger partial charge in [0.05, 0.1) is 12.1 Å². The minimum Gasteiger partial charge on any atom is -0.462 e. The van der Waals surface area contributed by atoms with Crippen LogP contribution in [0.4, 0.5) is 0 Å². The molecule has 0 atom stereocenters. The number of rotatable bonds is 5. The van der Waals surface area contributed by atoms with Crippen molar-refractivity contribution < 1.29 is 9.53 Å². The van der Waals surface area contributed by atoms with Crippen LogP contribution in [0.15, 0.2) is 0 Å². The Labute approximate surface area is 127 Å². The Morgan fingerprint density at radius 3 is 2.57 bits per heavy atom. The predicted molar refractivity (Wildman–Crippen MR) is 83.2 cm³/mol. The number of aromatic nitrogens is 2. The summed E-state index contributed by atoms with van der Waals surface area (Å²) in [5.41, 5.74) is 3.09. The molecular weight excluding hydrogens is 264 g/mol. The average Bonchev–Trinajstić information content (AvgIpc) is 2.67. The number of hydrogen-bond acceptors (Lipinski definition) is 3. The van der Waals surface area contributed by atoms with E-state index in [1.165, 1.54) is 19.3 Å². The maximum Gasteiger partial charge on any atom is 0.310 e. The van der Waals surface area contributed by atoms with Crippen molar-refractivity contribution in [3.05, 3.63) is 17.0 Å². The van der Waals surface area contributed by atoms with Gasteiger partial charge in [0.1, 0.15) is 6.10 Å². The van der Waals surface area contributed by atoms with Gasteiger partial charge in [-0.1, -0.05) is 20.3 Å². The topological polar surface area (TPSA) is 44.1 Å². The summed E-state index contributed by atoms with van der Waals surface area (Å²) in [5.74, 6) is 0.447. The van der Waals surface area contributed by atoms with E-state index < -0.39 is 0 Å². The second kappa shape index (κ2) is 7.10. The van der Waals surface area contributed by atoms with Crippen molar-refractivity contribution in [2.75, 3.05) is 0 Å². The molecule has 0 amide bonds. The highest BCUT2D eigenvalue weighted by Gasteiger charge is 2.20. The molecule has 0 aliphatic heterocycles. The fourth-order valence-electron chi connectivity index (χ4n) is 3.07. The molecule has 0 N–H and O–H groups in total. The van der Waals surface area contributed by atoms with Gasteiger partial charge in [0, 0.05) is 17.8 Å². The van der Waals surface area contributed by atoms with Gasteiger partial charge < -0.3 is 4.74 Å². The summed E-state index contributed by atoms with van der Waals surface area (Å²) in [5, 5.41) is 4.56. The van der Waals surface area contributed by atoms with E-state index in [0.717, 1.165) is 36.3 Å². The fourth-order valence-corrected chi connectivity index (χ4v) is 3.07. The Morgan fingerprint density at radius 1 is 1.29 bits per heavy atom. The SMILES string of the molecule is Cc1nn(CC(C)C)c(C)c1CC(=O)OC1CCCCC1. The first-order chi connectivity index (χ1) is 9.97. The van der Waals surface area contributed by atoms with Crippen LogP contribution in [0.1, 0.15) is 62.9 Å². The summed E-state index contributed by atoms with van der Waals surface area (Å²) in [7, 11) is 0.